The number of likely N-dealkylation sites (tertiary alicyclic amines) is 1. The van der Waals surface area contributed by atoms with Crippen molar-refractivity contribution in [1.82, 2.24) is 4.90 Å². The van der Waals surface area contributed by atoms with Crippen LogP contribution in [-0.2, 0) is 14.3 Å². The van der Waals surface area contributed by atoms with Gasteiger partial charge in [0.15, 0.2) is 0 Å². The third kappa shape index (κ3) is 4.51. The Balaban J connectivity index is 1.23. The van der Waals surface area contributed by atoms with Crippen LogP contribution in [0.2, 0.25) is 0 Å². The SMILES string of the molecule is CC(C)(C)OC(=O)CC1CCN(C(=O)CC2C3CC4CC(C3)CC2C4)CC1. The van der Waals surface area contributed by atoms with Crippen molar-refractivity contribution in [3.8, 4) is 0 Å². The molecular weight excluding hydrogens is 338 g/mol. The zero-order valence-electron chi connectivity index (χ0n) is 17.4. The van der Waals surface area contributed by atoms with Crippen molar-refractivity contribution in [3.63, 3.8) is 0 Å². The highest BCUT2D eigenvalue weighted by Gasteiger charge is 2.48. The number of nitrogens with zero attached hydrogens (tertiary/aromatic N) is 1. The number of amides is 1. The fraction of sp³-hybridized carbons (Fsp3) is 0.913. The summed E-state index contributed by atoms with van der Waals surface area (Å²) in [5, 5.41) is 0. The number of ether oxygens (including phenoxy) is 1. The van der Waals surface area contributed by atoms with Crippen molar-refractivity contribution in [3.05, 3.63) is 0 Å². The maximum absolute atomic E-state index is 12.9. The fourth-order valence-electron chi connectivity index (χ4n) is 6.71. The van der Waals surface area contributed by atoms with Gasteiger partial charge < -0.3 is 9.64 Å². The van der Waals surface area contributed by atoms with Crippen LogP contribution in [0.15, 0.2) is 0 Å². The maximum atomic E-state index is 12.9. The molecule has 4 saturated carbocycles. The van der Waals surface area contributed by atoms with E-state index in [-0.39, 0.29) is 5.97 Å². The van der Waals surface area contributed by atoms with Gasteiger partial charge in [0.1, 0.15) is 5.60 Å². The van der Waals surface area contributed by atoms with Gasteiger partial charge in [0, 0.05) is 25.9 Å². The summed E-state index contributed by atoms with van der Waals surface area (Å²) in [7, 11) is 0. The summed E-state index contributed by atoms with van der Waals surface area (Å²) in [5.74, 6) is 4.91. The van der Waals surface area contributed by atoms with Crippen LogP contribution in [-0.4, -0.2) is 35.5 Å². The molecule has 4 nitrogen and oxygen atoms in total. The molecule has 1 amide bonds. The molecule has 0 aromatic heterocycles. The Labute approximate surface area is 164 Å². The van der Waals surface area contributed by atoms with Crippen LogP contribution < -0.4 is 0 Å². The maximum Gasteiger partial charge on any atom is 0.306 e. The van der Waals surface area contributed by atoms with E-state index >= 15 is 0 Å². The van der Waals surface area contributed by atoms with Crippen LogP contribution in [0.25, 0.3) is 0 Å². The van der Waals surface area contributed by atoms with Crippen LogP contribution in [0.5, 0.6) is 0 Å². The average molecular weight is 376 g/mol. The number of hydrogen-bond donors (Lipinski definition) is 0. The molecule has 0 radical (unpaired) electrons. The molecule has 152 valence electrons. The summed E-state index contributed by atoms with van der Waals surface area (Å²) in [6.07, 6.45) is 10.2. The van der Waals surface area contributed by atoms with Crippen molar-refractivity contribution in [2.75, 3.05) is 13.1 Å². The van der Waals surface area contributed by atoms with E-state index in [4.69, 9.17) is 4.74 Å². The number of esters is 1. The first kappa shape index (κ1) is 19.3. The molecule has 0 unspecified atom stereocenters. The minimum absolute atomic E-state index is 0.0964. The molecule has 0 atom stereocenters. The molecule has 0 aromatic carbocycles. The van der Waals surface area contributed by atoms with Crippen LogP contribution in [0.1, 0.15) is 78.6 Å². The van der Waals surface area contributed by atoms with Gasteiger partial charge in [-0.15, -0.1) is 0 Å². The summed E-state index contributed by atoms with van der Waals surface area (Å²) in [6, 6.07) is 0. The van der Waals surface area contributed by atoms with Crippen molar-refractivity contribution < 1.29 is 14.3 Å². The molecule has 4 heteroatoms. The molecule has 4 bridgehead atoms. The molecule has 0 N–H and O–H groups in total. The van der Waals surface area contributed by atoms with E-state index in [9.17, 15) is 9.59 Å². The topological polar surface area (TPSA) is 46.6 Å². The van der Waals surface area contributed by atoms with E-state index in [1.165, 1.54) is 32.1 Å². The molecule has 5 fully saturated rings. The van der Waals surface area contributed by atoms with E-state index in [1.807, 2.05) is 20.8 Å². The molecule has 5 aliphatic rings. The molecule has 5 rings (SSSR count). The molecule has 0 aromatic rings. The first-order valence-electron chi connectivity index (χ1n) is 11.3. The predicted molar refractivity (Wildman–Crippen MR) is 105 cm³/mol. The summed E-state index contributed by atoms with van der Waals surface area (Å²) < 4.78 is 5.45. The van der Waals surface area contributed by atoms with Crippen molar-refractivity contribution in [2.45, 2.75) is 84.2 Å². The smallest absolute Gasteiger partial charge is 0.306 e. The Morgan fingerprint density at radius 2 is 1.44 bits per heavy atom. The van der Waals surface area contributed by atoms with Gasteiger partial charge in [0.2, 0.25) is 5.91 Å². The molecule has 1 heterocycles. The predicted octanol–water partition coefficient (Wildman–Crippen LogP) is 4.42. The molecule has 1 aliphatic heterocycles. The van der Waals surface area contributed by atoms with E-state index < -0.39 is 5.60 Å². The standard InChI is InChI=1S/C23H37NO3/c1-23(2,3)27-22(26)13-15-4-6-24(7-5-15)21(25)14-20-18-9-16-8-17(11-18)12-19(20)10-16/h15-20H,4-14H2,1-3H3. The van der Waals surface area contributed by atoms with Gasteiger partial charge >= 0.3 is 5.97 Å². The van der Waals surface area contributed by atoms with Gasteiger partial charge in [0.25, 0.3) is 0 Å². The summed E-state index contributed by atoms with van der Waals surface area (Å²) in [4.78, 5) is 27.1. The van der Waals surface area contributed by atoms with Crippen LogP contribution in [0.4, 0.5) is 0 Å². The Morgan fingerprint density at radius 3 is 1.96 bits per heavy atom. The van der Waals surface area contributed by atoms with Gasteiger partial charge in [-0.25, -0.2) is 0 Å². The normalized spacial score (nSPS) is 36.1. The Morgan fingerprint density at radius 1 is 0.889 bits per heavy atom. The zero-order valence-corrected chi connectivity index (χ0v) is 17.4. The van der Waals surface area contributed by atoms with Gasteiger partial charge in [-0.1, -0.05) is 0 Å². The van der Waals surface area contributed by atoms with Crippen LogP contribution >= 0.6 is 0 Å². The van der Waals surface area contributed by atoms with Gasteiger partial charge in [-0.3, -0.25) is 9.59 Å². The van der Waals surface area contributed by atoms with Gasteiger partial charge in [-0.2, -0.15) is 0 Å². The lowest BCUT2D eigenvalue weighted by molar-refractivity contribution is -0.156. The van der Waals surface area contributed by atoms with Gasteiger partial charge in [0.05, 0.1) is 0 Å². The highest BCUT2D eigenvalue weighted by atomic mass is 16.6. The number of hydrogen-bond acceptors (Lipinski definition) is 3. The van der Waals surface area contributed by atoms with Crippen molar-refractivity contribution in [1.29, 1.82) is 0 Å². The molecule has 1 saturated heterocycles. The van der Waals surface area contributed by atoms with Crippen molar-refractivity contribution in [2.24, 2.45) is 35.5 Å². The first-order valence-corrected chi connectivity index (χ1v) is 11.3. The van der Waals surface area contributed by atoms with Gasteiger partial charge in [-0.05, 0) is 101 Å². The van der Waals surface area contributed by atoms with E-state index in [1.54, 1.807) is 0 Å². The Kier molecular flexibility index (Phi) is 5.28. The lowest BCUT2D eigenvalue weighted by Gasteiger charge is -2.54. The lowest BCUT2D eigenvalue weighted by atomic mass is 9.51. The zero-order chi connectivity index (χ0) is 19.2. The number of carbonyl (C=O) groups excluding carboxylic acids is 2. The second kappa shape index (κ2) is 7.40. The average Bonchev–Trinajstić information content (AvgIpc) is 2.56. The van der Waals surface area contributed by atoms with E-state index in [0.29, 0.717) is 24.2 Å². The number of piperidine rings is 1. The summed E-state index contributed by atoms with van der Waals surface area (Å²) >= 11 is 0. The molecule has 0 spiro atoms. The Hall–Kier alpha value is -1.06. The minimum Gasteiger partial charge on any atom is -0.460 e. The monoisotopic (exact) mass is 375 g/mol. The van der Waals surface area contributed by atoms with Crippen molar-refractivity contribution >= 4 is 11.9 Å². The fourth-order valence-corrected chi connectivity index (χ4v) is 6.71. The van der Waals surface area contributed by atoms with Crippen LogP contribution in [0.3, 0.4) is 0 Å². The van der Waals surface area contributed by atoms with E-state index in [0.717, 1.165) is 56.0 Å². The lowest BCUT2D eigenvalue weighted by Crippen LogP contribution is -2.47. The first-order chi connectivity index (χ1) is 12.8. The number of rotatable bonds is 4. The second-order valence-corrected chi connectivity index (χ2v) is 10.9. The summed E-state index contributed by atoms with van der Waals surface area (Å²) in [5.41, 5.74) is -0.410. The largest absolute Gasteiger partial charge is 0.460 e. The van der Waals surface area contributed by atoms with E-state index in [2.05, 4.69) is 4.90 Å². The molecular formula is C23H37NO3. The Bertz CT molecular complexity index is 543. The number of carbonyl (C=O) groups is 2. The molecule has 27 heavy (non-hydrogen) atoms. The minimum atomic E-state index is -0.410. The highest BCUT2D eigenvalue weighted by Crippen LogP contribution is 2.57. The van der Waals surface area contributed by atoms with Crippen LogP contribution in [0, 0.1) is 35.5 Å². The second-order valence-electron chi connectivity index (χ2n) is 10.9. The third-order valence-corrected chi connectivity index (χ3v) is 7.67. The summed E-state index contributed by atoms with van der Waals surface area (Å²) in [6.45, 7) is 7.38. The molecule has 4 aliphatic carbocycles. The highest BCUT2D eigenvalue weighted by molar-refractivity contribution is 5.76. The third-order valence-electron chi connectivity index (χ3n) is 7.67. The quantitative estimate of drug-likeness (QED) is 0.683.